The van der Waals surface area contributed by atoms with Crippen molar-refractivity contribution in [3.8, 4) is 11.3 Å². The van der Waals surface area contributed by atoms with Crippen molar-refractivity contribution in [2.45, 2.75) is 57.5 Å². The highest BCUT2D eigenvalue weighted by Crippen LogP contribution is 2.38. The maximum absolute atomic E-state index is 12.4. The van der Waals surface area contributed by atoms with Gasteiger partial charge in [0.05, 0.1) is 18.7 Å². The first kappa shape index (κ1) is 24.6. The van der Waals surface area contributed by atoms with Crippen LogP contribution in [0.4, 0.5) is 13.2 Å². The number of carbonyl (C=O) groups is 1. The third-order valence-corrected chi connectivity index (χ3v) is 7.26. The summed E-state index contributed by atoms with van der Waals surface area (Å²) in [5, 5.41) is 1.23. The Hall–Kier alpha value is -3.13. The maximum atomic E-state index is 12.4. The van der Waals surface area contributed by atoms with Crippen LogP contribution in [-0.4, -0.2) is 50.9 Å². The number of hydrogen-bond acceptors (Lipinski definition) is 3. The number of nitrogens with zero attached hydrogens (tertiary/aromatic N) is 3. The minimum absolute atomic E-state index is 0.113. The van der Waals surface area contributed by atoms with Crippen molar-refractivity contribution in [2.75, 3.05) is 19.6 Å². The number of fused-ring (bicyclic) bond motifs is 2. The lowest BCUT2D eigenvalue weighted by molar-refractivity contribution is -0.143. The van der Waals surface area contributed by atoms with E-state index in [1.165, 1.54) is 16.5 Å². The van der Waals surface area contributed by atoms with Crippen LogP contribution in [-0.2, 0) is 4.79 Å². The van der Waals surface area contributed by atoms with Gasteiger partial charge in [0.25, 0.3) is 0 Å². The number of rotatable bonds is 7. The number of hydrogen-bond donors (Lipinski definition) is 1. The normalized spacial score (nSPS) is 15.9. The number of pyridine rings is 1. The van der Waals surface area contributed by atoms with Crippen LogP contribution in [0.5, 0.6) is 0 Å². The molecule has 1 aliphatic rings. The number of likely N-dealkylation sites (tertiary alicyclic amines) is 1. The minimum atomic E-state index is -4.28. The van der Waals surface area contributed by atoms with Crippen molar-refractivity contribution in [1.29, 1.82) is 0 Å². The van der Waals surface area contributed by atoms with Crippen molar-refractivity contribution in [3.63, 3.8) is 0 Å². The van der Waals surface area contributed by atoms with E-state index in [0.29, 0.717) is 11.8 Å². The predicted molar refractivity (Wildman–Crippen MR) is 135 cm³/mol. The maximum Gasteiger partial charge on any atom is 0.389 e. The van der Waals surface area contributed by atoms with Crippen molar-refractivity contribution in [2.24, 2.45) is 0 Å². The summed E-state index contributed by atoms with van der Waals surface area (Å²) in [5.41, 5.74) is 6.83. The van der Waals surface area contributed by atoms with Gasteiger partial charge in [0.15, 0.2) is 0 Å². The number of nitrogens with one attached hydrogen (secondary N) is 1. The summed E-state index contributed by atoms with van der Waals surface area (Å²) in [6.07, 6.45) is 1.89. The van der Waals surface area contributed by atoms with E-state index < -0.39 is 19.0 Å². The molecule has 1 aromatic carbocycles. The molecule has 0 amide bonds. The molecule has 4 heterocycles. The molecule has 0 atom stereocenters. The molecule has 1 aliphatic heterocycles. The van der Waals surface area contributed by atoms with Crippen LogP contribution in [0.3, 0.4) is 0 Å². The molecule has 3 aromatic heterocycles. The lowest BCUT2D eigenvalue weighted by Crippen LogP contribution is -2.37. The molecule has 1 N–H and O–H groups in total. The quantitative estimate of drug-likeness (QED) is 0.310. The molecular weight excluding hydrogens is 465 g/mol. The van der Waals surface area contributed by atoms with E-state index in [0.717, 1.165) is 48.4 Å². The first-order chi connectivity index (χ1) is 17.2. The van der Waals surface area contributed by atoms with Gasteiger partial charge in [-0.1, -0.05) is 19.9 Å². The molecule has 1 saturated heterocycles. The standard InChI is InChI=1S/C28H31F3N4O/c1-18(2)26-23-15-20(19-8-12-34(13-9-19)17-22(36)7-10-28(29,30)31)3-5-24(23)33-27(26)21-4-6-25-32-11-14-35(25)16-21/h3-6,11,14-16,18-19,33H,7-10,12-13,17H2,1-2H3. The second-order valence-electron chi connectivity index (χ2n) is 10.2. The van der Waals surface area contributed by atoms with Gasteiger partial charge in [-0.25, -0.2) is 4.98 Å². The molecule has 0 radical (unpaired) electrons. The number of alkyl halides is 3. The van der Waals surface area contributed by atoms with Crippen LogP contribution in [0.2, 0.25) is 0 Å². The number of imidazole rings is 1. The number of Topliss-reactive ketones (excluding diaryl/α,β-unsaturated/α-hetero) is 1. The van der Waals surface area contributed by atoms with Gasteiger partial charge in [-0.15, -0.1) is 0 Å². The van der Waals surface area contributed by atoms with Gasteiger partial charge in [0, 0.05) is 41.5 Å². The summed E-state index contributed by atoms with van der Waals surface area (Å²) in [4.78, 5) is 22.0. The highest BCUT2D eigenvalue weighted by atomic mass is 19.4. The third kappa shape index (κ3) is 5.19. The molecule has 5 rings (SSSR count). The number of aromatic nitrogens is 3. The zero-order chi connectivity index (χ0) is 25.4. The number of halogens is 3. The zero-order valence-electron chi connectivity index (χ0n) is 20.6. The summed E-state index contributed by atoms with van der Waals surface area (Å²) < 4.78 is 39.2. The Kier molecular flexibility index (Phi) is 6.64. The second kappa shape index (κ2) is 9.73. The van der Waals surface area contributed by atoms with E-state index in [1.807, 2.05) is 21.6 Å². The fraction of sp³-hybridized carbons (Fsp3) is 0.429. The largest absolute Gasteiger partial charge is 0.389 e. The Bertz CT molecular complexity index is 1380. The molecular formula is C28H31F3N4O. The van der Waals surface area contributed by atoms with Crippen LogP contribution >= 0.6 is 0 Å². The lowest BCUT2D eigenvalue weighted by atomic mass is 9.87. The fourth-order valence-corrected chi connectivity index (χ4v) is 5.41. The van der Waals surface area contributed by atoms with Crippen LogP contribution in [0.25, 0.3) is 27.8 Å². The van der Waals surface area contributed by atoms with Gasteiger partial charge in [0.1, 0.15) is 11.4 Å². The smallest absolute Gasteiger partial charge is 0.354 e. The average Bonchev–Trinajstić information content (AvgIpc) is 3.46. The van der Waals surface area contributed by atoms with Gasteiger partial charge in [-0.3, -0.25) is 9.69 Å². The van der Waals surface area contributed by atoms with E-state index >= 15 is 0 Å². The molecule has 1 fully saturated rings. The number of carbonyl (C=O) groups excluding carboxylic acids is 1. The van der Waals surface area contributed by atoms with Crippen LogP contribution in [0.15, 0.2) is 48.9 Å². The summed E-state index contributed by atoms with van der Waals surface area (Å²) in [6.45, 7) is 5.98. The molecule has 36 heavy (non-hydrogen) atoms. The van der Waals surface area contributed by atoms with Crippen molar-refractivity contribution in [1.82, 2.24) is 19.3 Å². The summed E-state index contributed by atoms with van der Waals surface area (Å²) in [6, 6.07) is 10.8. The van der Waals surface area contributed by atoms with E-state index in [1.54, 1.807) is 6.20 Å². The predicted octanol–water partition coefficient (Wildman–Crippen LogP) is 6.70. The topological polar surface area (TPSA) is 53.4 Å². The van der Waals surface area contributed by atoms with Gasteiger partial charge < -0.3 is 9.38 Å². The van der Waals surface area contributed by atoms with Gasteiger partial charge in [0.2, 0.25) is 0 Å². The highest BCUT2D eigenvalue weighted by Gasteiger charge is 2.29. The summed E-state index contributed by atoms with van der Waals surface area (Å²) >= 11 is 0. The van der Waals surface area contributed by atoms with Crippen LogP contribution < -0.4 is 0 Å². The Morgan fingerprint density at radius 1 is 1.17 bits per heavy atom. The first-order valence-corrected chi connectivity index (χ1v) is 12.6. The SMILES string of the molecule is CC(C)c1c(-c2ccc3nccn3c2)[nH]c2ccc(C3CCN(CC(=O)CCC(F)(F)F)CC3)cc12. The van der Waals surface area contributed by atoms with Gasteiger partial charge in [-0.05, 0) is 73.2 Å². The van der Waals surface area contributed by atoms with E-state index in [2.05, 4.69) is 54.3 Å². The molecule has 0 saturated carbocycles. The number of ketones is 1. The van der Waals surface area contributed by atoms with Gasteiger partial charge >= 0.3 is 6.18 Å². The molecule has 0 unspecified atom stereocenters. The number of benzene rings is 1. The fourth-order valence-electron chi connectivity index (χ4n) is 5.41. The van der Waals surface area contributed by atoms with E-state index in [9.17, 15) is 18.0 Å². The monoisotopic (exact) mass is 496 g/mol. The van der Waals surface area contributed by atoms with Crippen molar-refractivity contribution < 1.29 is 18.0 Å². The number of piperidine rings is 1. The molecule has 190 valence electrons. The Labute approximate surface area is 208 Å². The number of H-pyrrole nitrogens is 1. The third-order valence-electron chi connectivity index (χ3n) is 7.26. The molecule has 0 spiro atoms. The first-order valence-electron chi connectivity index (χ1n) is 12.6. The van der Waals surface area contributed by atoms with E-state index in [4.69, 9.17) is 0 Å². The van der Waals surface area contributed by atoms with Crippen LogP contribution in [0, 0.1) is 0 Å². The van der Waals surface area contributed by atoms with Crippen LogP contribution in [0.1, 0.15) is 62.5 Å². The molecule has 8 heteroatoms. The van der Waals surface area contributed by atoms with Crippen molar-refractivity contribution >= 4 is 22.3 Å². The number of aromatic amines is 1. The minimum Gasteiger partial charge on any atom is -0.354 e. The molecule has 5 nitrogen and oxygen atoms in total. The van der Waals surface area contributed by atoms with E-state index in [-0.39, 0.29) is 12.3 Å². The Balaban J connectivity index is 1.33. The summed E-state index contributed by atoms with van der Waals surface area (Å²) in [5.74, 6) is 0.367. The average molecular weight is 497 g/mol. The second-order valence-corrected chi connectivity index (χ2v) is 10.2. The lowest BCUT2D eigenvalue weighted by Gasteiger charge is -2.31. The zero-order valence-corrected chi connectivity index (χ0v) is 20.6. The van der Waals surface area contributed by atoms with Gasteiger partial charge in [-0.2, -0.15) is 13.2 Å². The molecule has 0 bridgehead atoms. The molecule has 4 aromatic rings. The Morgan fingerprint density at radius 3 is 2.67 bits per heavy atom. The molecule has 0 aliphatic carbocycles. The highest BCUT2D eigenvalue weighted by molar-refractivity contribution is 5.92. The summed E-state index contributed by atoms with van der Waals surface area (Å²) in [7, 11) is 0. The Morgan fingerprint density at radius 2 is 1.94 bits per heavy atom. The van der Waals surface area contributed by atoms with Crippen molar-refractivity contribution in [3.05, 3.63) is 60.0 Å².